The van der Waals surface area contributed by atoms with Gasteiger partial charge >= 0.3 is 5.97 Å². The zero-order valence-corrected chi connectivity index (χ0v) is 11.0. The van der Waals surface area contributed by atoms with Gasteiger partial charge in [-0.25, -0.2) is 0 Å². The molecule has 0 fully saturated rings. The summed E-state index contributed by atoms with van der Waals surface area (Å²) in [4.78, 5) is 10.6. The minimum Gasteiger partial charge on any atom is -0.459 e. The highest BCUT2D eigenvalue weighted by Crippen LogP contribution is 2.07. The van der Waals surface area contributed by atoms with E-state index in [4.69, 9.17) is 4.74 Å². The summed E-state index contributed by atoms with van der Waals surface area (Å²) in [6.45, 7) is 5.57. The average Bonchev–Trinajstić information content (AvgIpc) is 2.21. The Morgan fingerprint density at radius 2 is 1.81 bits per heavy atom. The fourth-order valence-corrected chi connectivity index (χ4v) is 1.63. The van der Waals surface area contributed by atoms with Gasteiger partial charge in [0, 0.05) is 6.92 Å². The molecule has 1 atom stereocenters. The van der Waals surface area contributed by atoms with E-state index in [0.29, 0.717) is 0 Å². The zero-order valence-electron chi connectivity index (χ0n) is 11.0. The predicted molar refractivity (Wildman–Crippen MR) is 68.4 cm³/mol. The highest BCUT2D eigenvalue weighted by Gasteiger charge is 1.98. The van der Waals surface area contributed by atoms with Crippen LogP contribution in [-0.2, 0) is 9.53 Å². The molecule has 2 nitrogen and oxygen atoms in total. The second-order valence-electron chi connectivity index (χ2n) is 4.30. The highest BCUT2D eigenvalue weighted by molar-refractivity contribution is 5.66. The van der Waals surface area contributed by atoms with Crippen molar-refractivity contribution in [3.05, 3.63) is 12.2 Å². The van der Waals surface area contributed by atoms with Crippen molar-refractivity contribution in [1.29, 1.82) is 0 Å². The van der Waals surface area contributed by atoms with E-state index in [9.17, 15) is 4.79 Å². The van der Waals surface area contributed by atoms with Crippen LogP contribution in [0.4, 0.5) is 0 Å². The average molecular weight is 226 g/mol. The van der Waals surface area contributed by atoms with Crippen LogP contribution >= 0.6 is 0 Å². The summed E-state index contributed by atoms with van der Waals surface area (Å²) < 4.78 is 4.98. The predicted octanol–water partition coefficient (Wildman–Crippen LogP) is 4.24. The van der Waals surface area contributed by atoms with Gasteiger partial charge in [-0.05, 0) is 25.8 Å². The number of hydrogen-bond donors (Lipinski definition) is 0. The summed E-state index contributed by atoms with van der Waals surface area (Å²) in [5.74, 6) is -0.211. The van der Waals surface area contributed by atoms with E-state index in [1.54, 1.807) is 0 Å². The van der Waals surface area contributed by atoms with Gasteiger partial charge in [-0.15, -0.1) is 0 Å². The van der Waals surface area contributed by atoms with Crippen molar-refractivity contribution in [2.45, 2.75) is 71.8 Å². The Hall–Kier alpha value is -0.790. The van der Waals surface area contributed by atoms with Gasteiger partial charge in [-0.1, -0.05) is 45.1 Å². The molecule has 94 valence electrons. The number of esters is 1. The van der Waals surface area contributed by atoms with E-state index in [1.165, 1.54) is 45.4 Å². The van der Waals surface area contributed by atoms with Crippen molar-refractivity contribution in [2.24, 2.45) is 0 Å². The van der Waals surface area contributed by atoms with Crippen LogP contribution < -0.4 is 0 Å². The van der Waals surface area contributed by atoms with Crippen molar-refractivity contribution in [3.63, 3.8) is 0 Å². The maximum absolute atomic E-state index is 10.6. The Balaban J connectivity index is 3.30. The molecule has 0 aromatic carbocycles. The van der Waals surface area contributed by atoms with Gasteiger partial charge in [-0.2, -0.15) is 0 Å². The molecule has 0 saturated carbocycles. The lowest BCUT2D eigenvalue weighted by Crippen LogP contribution is -2.08. The van der Waals surface area contributed by atoms with E-state index >= 15 is 0 Å². The summed E-state index contributed by atoms with van der Waals surface area (Å²) in [6, 6.07) is 0. The summed E-state index contributed by atoms with van der Waals surface area (Å²) in [7, 11) is 0. The van der Waals surface area contributed by atoms with Crippen LogP contribution in [0.5, 0.6) is 0 Å². The molecule has 2 heteroatoms. The molecule has 0 aliphatic heterocycles. The Morgan fingerprint density at radius 3 is 2.44 bits per heavy atom. The van der Waals surface area contributed by atoms with Gasteiger partial charge in [0.25, 0.3) is 0 Å². The molecule has 0 aromatic heterocycles. The van der Waals surface area contributed by atoms with E-state index in [0.717, 1.165) is 6.42 Å². The summed E-state index contributed by atoms with van der Waals surface area (Å²) >= 11 is 0. The fourth-order valence-electron chi connectivity index (χ4n) is 1.63. The standard InChI is InChI=1S/C14H26O2/c1-4-5-6-7-8-9-10-11-12-13(2)16-14(3)15/h11-13H,4-10H2,1-3H3/b12-11-/t13-/m1/s1. The number of carbonyl (C=O) groups is 1. The number of carbonyl (C=O) groups excluding carboxylic acids is 1. The van der Waals surface area contributed by atoms with E-state index in [1.807, 2.05) is 13.0 Å². The maximum Gasteiger partial charge on any atom is 0.303 e. The molecule has 0 rings (SSSR count). The molecular formula is C14H26O2. The first-order valence-corrected chi connectivity index (χ1v) is 6.50. The van der Waals surface area contributed by atoms with Crippen LogP contribution in [-0.4, -0.2) is 12.1 Å². The molecule has 0 aliphatic carbocycles. The Morgan fingerprint density at radius 1 is 1.19 bits per heavy atom. The first-order valence-electron chi connectivity index (χ1n) is 6.50. The minimum atomic E-state index is -0.211. The van der Waals surface area contributed by atoms with Crippen LogP contribution in [0.3, 0.4) is 0 Å². The fraction of sp³-hybridized carbons (Fsp3) is 0.786. The largest absolute Gasteiger partial charge is 0.459 e. The molecular weight excluding hydrogens is 200 g/mol. The SMILES string of the molecule is CCCCCCCC/C=C\[C@@H](C)OC(C)=O. The third kappa shape index (κ3) is 11.3. The molecule has 0 radical (unpaired) electrons. The quantitative estimate of drug-likeness (QED) is 0.334. The van der Waals surface area contributed by atoms with Gasteiger partial charge in [0.05, 0.1) is 0 Å². The molecule has 0 heterocycles. The van der Waals surface area contributed by atoms with Gasteiger partial charge in [0.2, 0.25) is 0 Å². The third-order valence-electron chi connectivity index (χ3n) is 2.48. The smallest absolute Gasteiger partial charge is 0.303 e. The lowest BCUT2D eigenvalue weighted by Gasteiger charge is -2.05. The lowest BCUT2D eigenvalue weighted by atomic mass is 10.1. The Labute approximate surface area is 100 Å². The van der Waals surface area contributed by atoms with Crippen molar-refractivity contribution < 1.29 is 9.53 Å². The summed E-state index contributed by atoms with van der Waals surface area (Å²) in [6.07, 6.45) is 13.0. The third-order valence-corrected chi connectivity index (χ3v) is 2.48. The molecule has 16 heavy (non-hydrogen) atoms. The topological polar surface area (TPSA) is 26.3 Å². The van der Waals surface area contributed by atoms with E-state index < -0.39 is 0 Å². The van der Waals surface area contributed by atoms with E-state index in [-0.39, 0.29) is 12.1 Å². The molecule has 0 spiro atoms. The maximum atomic E-state index is 10.6. The molecule has 0 unspecified atom stereocenters. The lowest BCUT2D eigenvalue weighted by molar-refractivity contribution is -0.143. The molecule has 0 aromatic rings. The number of ether oxygens (including phenoxy) is 1. The van der Waals surface area contributed by atoms with Crippen LogP contribution in [0.1, 0.15) is 65.7 Å². The minimum absolute atomic E-state index is 0.0856. The normalized spacial score (nSPS) is 12.9. The number of hydrogen-bond acceptors (Lipinski definition) is 2. The Bertz CT molecular complexity index is 197. The molecule has 0 bridgehead atoms. The second-order valence-corrected chi connectivity index (χ2v) is 4.30. The van der Waals surface area contributed by atoms with Crippen LogP contribution in [0.25, 0.3) is 0 Å². The van der Waals surface area contributed by atoms with Crippen LogP contribution in [0.2, 0.25) is 0 Å². The van der Waals surface area contributed by atoms with Gasteiger partial charge in [-0.3, -0.25) is 4.79 Å². The second kappa shape index (κ2) is 10.7. The Kier molecular flexibility index (Phi) is 10.2. The molecule has 0 saturated heterocycles. The van der Waals surface area contributed by atoms with Crippen molar-refractivity contribution in [2.75, 3.05) is 0 Å². The van der Waals surface area contributed by atoms with Gasteiger partial charge in [0.1, 0.15) is 6.10 Å². The summed E-state index contributed by atoms with van der Waals surface area (Å²) in [5.41, 5.74) is 0. The molecule has 0 aliphatic rings. The molecule has 0 amide bonds. The first kappa shape index (κ1) is 15.2. The number of allylic oxidation sites excluding steroid dienone is 1. The summed E-state index contributed by atoms with van der Waals surface area (Å²) in [5, 5.41) is 0. The molecule has 0 N–H and O–H groups in total. The number of rotatable bonds is 9. The number of unbranched alkanes of at least 4 members (excludes halogenated alkanes) is 6. The zero-order chi connectivity index (χ0) is 12.2. The van der Waals surface area contributed by atoms with E-state index in [2.05, 4.69) is 13.0 Å². The van der Waals surface area contributed by atoms with Gasteiger partial charge in [0.15, 0.2) is 0 Å². The van der Waals surface area contributed by atoms with Crippen molar-refractivity contribution >= 4 is 5.97 Å². The van der Waals surface area contributed by atoms with Crippen LogP contribution in [0.15, 0.2) is 12.2 Å². The van der Waals surface area contributed by atoms with Crippen molar-refractivity contribution in [1.82, 2.24) is 0 Å². The van der Waals surface area contributed by atoms with Crippen molar-refractivity contribution in [3.8, 4) is 0 Å². The first-order chi connectivity index (χ1) is 7.66. The monoisotopic (exact) mass is 226 g/mol. The van der Waals surface area contributed by atoms with Gasteiger partial charge < -0.3 is 4.74 Å². The highest BCUT2D eigenvalue weighted by atomic mass is 16.5. The van der Waals surface area contributed by atoms with Crippen LogP contribution in [0, 0.1) is 0 Å².